The first kappa shape index (κ1) is 13.5. The van der Waals surface area contributed by atoms with Crippen molar-refractivity contribution in [2.45, 2.75) is 31.7 Å². The number of aromatic nitrogens is 6. The molecule has 5 rings (SSSR count). The molecule has 1 atom stereocenters. The summed E-state index contributed by atoms with van der Waals surface area (Å²) < 4.78 is 1.75. The Morgan fingerprint density at radius 3 is 3.00 bits per heavy atom. The van der Waals surface area contributed by atoms with E-state index in [9.17, 15) is 0 Å². The molecule has 24 heavy (non-hydrogen) atoms. The molecular weight excluding hydrogens is 302 g/mol. The summed E-state index contributed by atoms with van der Waals surface area (Å²) in [7, 11) is 0. The SMILES string of the molecule is CC(Nc1cc(C2CC2)nn2cnnc12)c1nc2ccccc2[nH]1. The monoisotopic (exact) mass is 319 g/mol. The molecule has 0 spiro atoms. The van der Waals surface area contributed by atoms with Crippen molar-refractivity contribution in [2.24, 2.45) is 0 Å². The van der Waals surface area contributed by atoms with E-state index in [4.69, 9.17) is 0 Å². The van der Waals surface area contributed by atoms with Gasteiger partial charge in [-0.2, -0.15) is 9.61 Å². The second-order valence-corrected chi connectivity index (χ2v) is 6.36. The van der Waals surface area contributed by atoms with Gasteiger partial charge in [0.1, 0.15) is 12.2 Å². The zero-order valence-corrected chi connectivity index (χ0v) is 13.3. The molecule has 120 valence electrons. The molecule has 1 unspecified atom stereocenters. The number of fused-ring (bicyclic) bond motifs is 2. The molecule has 0 bridgehead atoms. The summed E-state index contributed by atoms with van der Waals surface area (Å²) in [5.41, 5.74) is 4.80. The maximum atomic E-state index is 4.67. The van der Waals surface area contributed by atoms with Crippen LogP contribution in [0.15, 0.2) is 36.7 Å². The van der Waals surface area contributed by atoms with E-state index in [0.717, 1.165) is 33.9 Å². The molecule has 1 aliphatic rings. The molecule has 1 fully saturated rings. The van der Waals surface area contributed by atoms with Crippen molar-refractivity contribution < 1.29 is 0 Å². The maximum Gasteiger partial charge on any atom is 0.200 e. The van der Waals surface area contributed by atoms with Crippen LogP contribution in [0, 0.1) is 0 Å². The Morgan fingerprint density at radius 2 is 2.17 bits per heavy atom. The summed E-state index contributed by atoms with van der Waals surface area (Å²) in [5, 5.41) is 16.3. The average Bonchev–Trinajstić information content (AvgIpc) is 3.17. The van der Waals surface area contributed by atoms with Crippen LogP contribution in [-0.2, 0) is 0 Å². The van der Waals surface area contributed by atoms with Crippen LogP contribution < -0.4 is 5.32 Å². The second kappa shape index (κ2) is 5.02. The van der Waals surface area contributed by atoms with Gasteiger partial charge in [-0.25, -0.2) is 4.98 Å². The van der Waals surface area contributed by atoms with Gasteiger partial charge in [0, 0.05) is 5.92 Å². The van der Waals surface area contributed by atoms with Crippen molar-refractivity contribution in [2.75, 3.05) is 5.32 Å². The van der Waals surface area contributed by atoms with E-state index >= 15 is 0 Å². The Kier molecular flexibility index (Phi) is 2.82. The van der Waals surface area contributed by atoms with E-state index in [1.165, 1.54) is 12.8 Å². The molecule has 0 amide bonds. The minimum Gasteiger partial charge on any atom is -0.372 e. The number of hydrogen-bond donors (Lipinski definition) is 2. The number of nitrogens with one attached hydrogen (secondary N) is 2. The molecule has 0 saturated heterocycles. The number of benzene rings is 1. The third kappa shape index (κ3) is 2.20. The van der Waals surface area contributed by atoms with E-state index in [2.05, 4.69) is 43.6 Å². The Balaban J connectivity index is 1.52. The van der Waals surface area contributed by atoms with E-state index in [-0.39, 0.29) is 6.04 Å². The number of anilines is 1. The molecule has 1 aliphatic carbocycles. The van der Waals surface area contributed by atoms with Gasteiger partial charge >= 0.3 is 0 Å². The lowest BCUT2D eigenvalue weighted by molar-refractivity contribution is 0.804. The number of aromatic amines is 1. The Bertz CT molecular complexity index is 995. The average molecular weight is 319 g/mol. The van der Waals surface area contributed by atoms with Gasteiger partial charge in [-0.15, -0.1) is 10.2 Å². The van der Waals surface area contributed by atoms with Crippen LogP contribution in [0.3, 0.4) is 0 Å². The van der Waals surface area contributed by atoms with Gasteiger partial charge in [0.2, 0.25) is 5.65 Å². The predicted octanol–water partition coefficient (Wildman–Crippen LogP) is 3.05. The highest BCUT2D eigenvalue weighted by molar-refractivity contribution is 5.75. The van der Waals surface area contributed by atoms with Crippen LogP contribution in [0.5, 0.6) is 0 Å². The van der Waals surface area contributed by atoms with E-state index in [0.29, 0.717) is 5.92 Å². The van der Waals surface area contributed by atoms with Crippen LogP contribution in [-0.4, -0.2) is 29.8 Å². The number of nitrogens with zero attached hydrogens (tertiary/aromatic N) is 5. The first-order valence-electron chi connectivity index (χ1n) is 8.20. The first-order chi connectivity index (χ1) is 11.8. The zero-order chi connectivity index (χ0) is 16.1. The van der Waals surface area contributed by atoms with Crippen LogP contribution in [0.25, 0.3) is 16.7 Å². The fourth-order valence-electron chi connectivity index (χ4n) is 3.01. The molecule has 3 heterocycles. The van der Waals surface area contributed by atoms with Crippen molar-refractivity contribution in [1.82, 2.24) is 29.8 Å². The van der Waals surface area contributed by atoms with E-state index in [1.54, 1.807) is 10.8 Å². The summed E-state index contributed by atoms with van der Waals surface area (Å²) >= 11 is 0. The van der Waals surface area contributed by atoms with Crippen LogP contribution in [0.1, 0.15) is 43.2 Å². The Hall–Kier alpha value is -2.96. The van der Waals surface area contributed by atoms with Crippen LogP contribution in [0.2, 0.25) is 0 Å². The lowest BCUT2D eigenvalue weighted by Gasteiger charge is -2.14. The third-order valence-corrected chi connectivity index (χ3v) is 4.47. The van der Waals surface area contributed by atoms with Gasteiger partial charge in [-0.05, 0) is 38.0 Å². The number of H-pyrrole nitrogens is 1. The lowest BCUT2D eigenvalue weighted by Crippen LogP contribution is -2.11. The largest absolute Gasteiger partial charge is 0.372 e. The highest BCUT2D eigenvalue weighted by Gasteiger charge is 2.27. The molecule has 3 aromatic heterocycles. The molecule has 4 aromatic rings. The summed E-state index contributed by atoms with van der Waals surface area (Å²) in [6.45, 7) is 2.09. The van der Waals surface area contributed by atoms with Gasteiger partial charge in [0.05, 0.1) is 28.5 Å². The highest BCUT2D eigenvalue weighted by Crippen LogP contribution is 2.40. The number of imidazole rings is 1. The summed E-state index contributed by atoms with van der Waals surface area (Å²) in [6, 6.07) is 10.2. The van der Waals surface area contributed by atoms with Crippen molar-refractivity contribution in [3.8, 4) is 0 Å². The molecule has 2 N–H and O–H groups in total. The lowest BCUT2D eigenvalue weighted by atomic mass is 10.2. The van der Waals surface area contributed by atoms with E-state index < -0.39 is 0 Å². The van der Waals surface area contributed by atoms with Crippen molar-refractivity contribution in [3.63, 3.8) is 0 Å². The van der Waals surface area contributed by atoms with Gasteiger partial charge < -0.3 is 10.3 Å². The Morgan fingerprint density at radius 1 is 1.29 bits per heavy atom. The first-order valence-corrected chi connectivity index (χ1v) is 8.20. The molecule has 7 nitrogen and oxygen atoms in total. The third-order valence-electron chi connectivity index (χ3n) is 4.47. The second-order valence-electron chi connectivity index (χ2n) is 6.36. The van der Waals surface area contributed by atoms with Crippen molar-refractivity contribution in [1.29, 1.82) is 0 Å². The van der Waals surface area contributed by atoms with E-state index in [1.807, 2.05) is 24.3 Å². The summed E-state index contributed by atoms with van der Waals surface area (Å²) in [6.07, 6.45) is 4.07. The fraction of sp³-hybridized carbons (Fsp3) is 0.294. The van der Waals surface area contributed by atoms with Gasteiger partial charge in [0.25, 0.3) is 0 Å². The standard InChI is InChI=1S/C17H17N7/c1-10(16-20-12-4-2-3-5-13(12)21-16)19-15-8-14(11-6-7-11)23-24-9-18-22-17(15)24/h2-5,8-11,19H,6-7H2,1H3,(H,20,21). The van der Waals surface area contributed by atoms with Crippen molar-refractivity contribution in [3.05, 3.63) is 48.2 Å². The number of para-hydroxylation sites is 2. The molecule has 0 radical (unpaired) electrons. The smallest absolute Gasteiger partial charge is 0.200 e. The maximum absolute atomic E-state index is 4.67. The summed E-state index contributed by atoms with van der Waals surface area (Å²) in [5.74, 6) is 1.47. The van der Waals surface area contributed by atoms with Gasteiger partial charge in [0.15, 0.2) is 0 Å². The zero-order valence-electron chi connectivity index (χ0n) is 13.3. The van der Waals surface area contributed by atoms with Gasteiger partial charge in [-0.3, -0.25) is 0 Å². The van der Waals surface area contributed by atoms with Gasteiger partial charge in [-0.1, -0.05) is 12.1 Å². The summed E-state index contributed by atoms with van der Waals surface area (Å²) in [4.78, 5) is 8.05. The normalized spacial score (nSPS) is 15.9. The number of hydrogen-bond acceptors (Lipinski definition) is 5. The molecule has 0 aliphatic heterocycles. The minimum absolute atomic E-state index is 0.0207. The molecule has 7 heteroatoms. The topological polar surface area (TPSA) is 83.8 Å². The highest BCUT2D eigenvalue weighted by atomic mass is 15.3. The minimum atomic E-state index is 0.0207. The van der Waals surface area contributed by atoms with Crippen LogP contribution >= 0.6 is 0 Å². The molecular formula is C17H17N7. The predicted molar refractivity (Wildman–Crippen MR) is 90.9 cm³/mol. The molecule has 1 saturated carbocycles. The Labute approximate surface area is 138 Å². The van der Waals surface area contributed by atoms with Crippen LogP contribution in [0.4, 0.5) is 5.69 Å². The van der Waals surface area contributed by atoms with Crippen molar-refractivity contribution >= 4 is 22.4 Å². The molecule has 1 aromatic carbocycles. The fourth-order valence-corrected chi connectivity index (χ4v) is 3.01. The quantitative estimate of drug-likeness (QED) is 0.604. The number of rotatable bonds is 4.